The van der Waals surface area contributed by atoms with Gasteiger partial charge in [0.15, 0.2) is 0 Å². The summed E-state index contributed by atoms with van der Waals surface area (Å²) in [5.74, 6) is 0.484. The topological polar surface area (TPSA) is 26.0 Å². The minimum Gasteiger partial charge on any atom is -0.330 e. The van der Waals surface area contributed by atoms with Crippen molar-refractivity contribution < 1.29 is 0 Å². The minimum absolute atomic E-state index is 0.484. The van der Waals surface area contributed by atoms with Crippen LogP contribution in [0.25, 0.3) is 5.57 Å². The van der Waals surface area contributed by atoms with E-state index in [-0.39, 0.29) is 0 Å². The molecule has 74 valence electrons. The van der Waals surface area contributed by atoms with Crippen molar-refractivity contribution in [2.75, 3.05) is 6.54 Å². The zero-order valence-corrected chi connectivity index (χ0v) is 8.88. The average Bonchev–Trinajstić information content (AvgIpc) is 2.62. The summed E-state index contributed by atoms with van der Waals surface area (Å²) in [6, 6.07) is 6.54. The average molecular weight is 187 g/mol. The number of nitrogens with two attached hydrogens (primary N) is 1. The zero-order valence-electron chi connectivity index (χ0n) is 8.88. The number of fused-ring (bicyclic) bond motifs is 1. The van der Waals surface area contributed by atoms with Gasteiger partial charge in [0.25, 0.3) is 0 Å². The molecule has 0 saturated heterocycles. The van der Waals surface area contributed by atoms with Crippen LogP contribution in [-0.2, 0) is 6.42 Å². The molecular formula is C13H17N. The molecule has 1 nitrogen and oxygen atoms in total. The van der Waals surface area contributed by atoms with Crippen LogP contribution in [0.4, 0.5) is 0 Å². The Morgan fingerprint density at radius 1 is 1.43 bits per heavy atom. The Kier molecular flexibility index (Phi) is 2.42. The van der Waals surface area contributed by atoms with Crippen LogP contribution in [0.5, 0.6) is 0 Å². The van der Waals surface area contributed by atoms with Gasteiger partial charge < -0.3 is 5.73 Å². The first-order chi connectivity index (χ1) is 6.74. The first-order valence-corrected chi connectivity index (χ1v) is 5.23. The summed E-state index contributed by atoms with van der Waals surface area (Å²) < 4.78 is 0. The highest BCUT2D eigenvalue weighted by Gasteiger charge is 2.19. The first kappa shape index (κ1) is 9.47. The van der Waals surface area contributed by atoms with E-state index < -0.39 is 0 Å². The van der Waals surface area contributed by atoms with Gasteiger partial charge in [-0.3, -0.25) is 0 Å². The molecule has 1 heteroatoms. The molecule has 14 heavy (non-hydrogen) atoms. The van der Waals surface area contributed by atoms with Crippen molar-refractivity contribution in [3.8, 4) is 0 Å². The molecule has 1 aliphatic rings. The number of aryl methyl sites for hydroxylation is 1. The number of benzene rings is 1. The Morgan fingerprint density at radius 2 is 2.21 bits per heavy atom. The van der Waals surface area contributed by atoms with Crippen LogP contribution in [-0.4, -0.2) is 6.54 Å². The van der Waals surface area contributed by atoms with E-state index in [0.717, 1.165) is 13.0 Å². The summed E-state index contributed by atoms with van der Waals surface area (Å²) in [5, 5.41) is 0. The number of hydrogen-bond acceptors (Lipinski definition) is 1. The van der Waals surface area contributed by atoms with Gasteiger partial charge in [-0.1, -0.05) is 31.2 Å². The third-order valence-electron chi connectivity index (χ3n) is 3.07. The molecule has 1 atom stereocenters. The SMILES string of the molecule is Cc1cccc2c1C(C(C)CN)=CC2. The Balaban J connectivity index is 2.45. The van der Waals surface area contributed by atoms with Gasteiger partial charge in [-0.05, 0) is 48.1 Å². The lowest BCUT2D eigenvalue weighted by molar-refractivity contribution is 0.760. The Labute approximate surface area is 85.6 Å². The second-order valence-electron chi connectivity index (χ2n) is 4.11. The van der Waals surface area contributed by atoms with Crippen LogP contribution < -0.4 is 5.73 Å². The molecule has 0 aliphatic heterocycles. The lowest BCUT2D eigenvalue weighted by Gasteiger charge is -2.14. The minimum atomic E-state index is 0.484. The summed E-state index contributed by atoms with van der Waals surface area (Å²) in [6.45, 7) is 5.12. The van der Waals surface area contributed by atoms with Crippen LogP contribution in [0.15, 0.2) is 24.3 Å². The highest BCUT2D eigenvalue weighted by atomic mass is 14.5. The van der Waals surface area contributed by atoms with Crippen LogP contribution in [0, 0.1) is 12.8 Å². The van der Waals surface area contributed by atoms with Crippen molar-refractivity contribution in [3.05, 3.63) is 41.0 Å². The predicted molar refractivity (Wildman–Crippen MR) is 61.1 cm³/mol. The molecule has 0 amide bonds. The van der Waals surface area contributed by atoms with Crippen LogP contribution in [0.2, 0.25) is 0 Å². The van der Waals surface area contributed by atoms with E-state index in [1.165, 1.54) is 22.3 Å². The lowest BCUT2D eigenvalue weighted by Crippen LogP contribution is -2.12. The summed E-state index contributed by atoms with van der Waals surface area (Å²) in [4.78, 5) is 0. The van der Waals surface area contributed by atoms with Crippen molar-refractivity contribution in [2.24, 2.45) is 11.7 Å². The second kappa shape index (κ2) is 3.58. The van der Waals surface area contributed by atoms with Gasteiger partial charge in [0.05, 0.1) is 0 Å². The molecule has 0 saturated carbocycles. The molecular weight excluding hydrogens is 170 g/mol. The molecule has 0 aromatic heterocycles. The Hall–Kier alpha value is -1.08. The van der Waals surface area contributed by atoms with E-state index in [0.29, 0.717) is 5.92 Å². The van der Waals surface area contributed by atoms with E-state index in [9.17, 15) is 0 Å². The first-order valence-electron chi connectivity index (χ1n) is 5.23. The normalized spacial score (nSPS) is 16.4. The third kappa shape index (κ3) is 1.38. The number of allylic oxidation sites excluding steroid dienone is 1. The Bertz CT molecular complexity index is 377. The van der Waals surface area contributed by atoms with Crippen molar-refractivity contribution in [1.29, 1.82) is 0 Å². The van der Waals surface area contributed by atoms with E-state index in [1.807, 2.05) is 0 Å². The second-order valence-corrected chi connectivity index (χ2v) is 4.11. The van der Waals surface area contributed by atoms with Gasteiger partial charge >= 0.3 is 0 Å². The lowest BCUT2D eigenvalue weighted by atomic mass is 9.92. The molecule has 2 N–H and O–H groups in total. The summed E-state index contributed by atoms with van der Waals surface area (Å²) >= 11 is 0. The maximum atomic E-state index is 5.72. The molecule has 0 fully saturated rings. The predicted octanol–water partition coefficient (Wildman–Crippen LogP) is 2.53. The maximum absolute atomic E-state index is 5.72. The molecule has 2 rings (SSSR count). The summed E-state index contributed by atoms with van der Waals surface area (Å²) in [6.07, 6.45) is 3.41. The van der Waals surface area contributed by atoms with Crippen molar-refractivity contribution in [2.45, 2.75) is 20.3 Å². The number of hydrogen-bond donors (Lipinski definition) is 1. The van der Waals surface area contributed by atoms with E-state index >= 15 is 0 Å². The van der Waals surface area contributed by atoms with E-state index in [2.05, 4.69) is 38.1 Å². The fraction of sp³-hybridized carbons (Fsp3) is 0.385. The van der Waals surface area contributed by atoms with Crippen molar-refractivity contribution in [1.82, 2.24) is 0 Å². The van der Waals surface area contributed by atoms with E-state index in [4.69, 9.17) is 5.73 Å². The van der Waals surface area contributed by atoms with Gasteiger partial charge in [-0.25, -0.2) is 0 Å². The van der Waals surface area contributed by atoms with Gasteiger partial charge in [-0.2, -0.15) is 0 Å². The third-order valence-corrected chi connectivity index (χ3v) is 3.07. The molecule has 1 aliphatic carbocycles. The number of rotatable bonds is 2. The quantitative estimate of drug-likeness (QED) is 0.756. The van der Waals surface area contributed by atoms with Gasteiger partial charge in [0, 0.05) is 0 Å². The molecule has 0 heterocycles. The Morgan fingerprint density at radius 3 is 2.93 bits per heavy atom. The zero-order chi connectivity index (χ0) is 10.1. The van der Waals surface area contributed by atoms with Crippen LogP contribution >= 0.6 is 0 Å². The van der Waals surface area contributed by atoms with Crippen molar-refractivity contribution >= 4 is 5.57 Å². The fourth-order valence-corrected chi connectivity index (χ4v) is 2.21. The highest BCUT2D eigenvalue weighted by Crippen LogP contribution is 2.34. The van der Waals surface area contributed by atoms with Crippen molar-refractivity contribution in [3.63, 3.8) is 0 Å². The molecule has 0 radical (unpaired) electrons. The van der Waals surface area contributed by atoms with Gasteiger partial charge in [0.1, 0.15) is 0 Å². The standard InChI is InChI=1S/C13H17N/c1-9-4-3-5-11-6-7-12(13(9)11)10(2)8-14/h3-5,7,10H,6,8,14H2,1-2H3. The molecule has 1 aromatic carbocycles. The van der Waals surface area contributed by atoms with Gasteiger partial charge in [0.2, 0.25) is 0 Å². The molecule has 0 bridgehead atoms. The maximum Gasteiger partial charge on any atom is -0.00108 e. The summed E-state index contributed by atoms with van der Waals surface area (Å²) in [7, 11) is 0. The van der Waals surface area contributed by atoms with E-state index in [1.54, 1.807) is 0 Å². The highest BCUT2D eigenvalue weighted by molar-refractivity contribution is 5.76. The molecule has 1 aromatic rings. The van der Waals surface area contributed by atoms with Crippen LogP contribution in [0.3, 0.4) is 0 Å². The largest absolute Gasteiger partial charge is 0.330 e. The fourth-order valence-electron chi connectivity index (χ4n) is 2.21. The van der Waals surface area contributed by atoms with Gasteiger partial charge in [-0.15, -0.1) is 0 Å². The monoisotopic (exact) mass is 187 g/mol. The summed E-state index contributed by atoms with van der Waals surface area (Å²) in [5.41, 5.74) is 11.5. The molecule has 0 spiro atoms. The molecule has 1 unspecified atom stereocenters. The van der Waals surface area contributed by atoms with Crippen LogP contribution in [0.1, 0.15) is 23.6 Å². The smallest absolute Gasteiger partial charge is 0.00108 e.